The SMILES string of the molecule is O=C1CCCc2cn(Cc3cccc([N+](=O)[O-])c3Br)cc21. The lowest BCUT2D eigenvalue weighted by Gasteiger charge is -2.07. The molecule has 3 rings (SSSR count). The number of nitro groups is 1. The van der Waals surface area contributed by atoms with Crippen LogP contribution in [0.5, 0.6) is 0 Å². The minimum absolute atomic E-state index is 0.0560. The van der Waals surface area contributed by atoms with Crippen LogP contribution in [0.4, 0.5) is 5.69 Å². The molecule has 0 bridgehead atoms. The Kier molecular flexibility index (Phi) is 3.63. The van der Waals surface area contributed by atoms with Crippen LogP contribution in [0.15, 0.2) is 35.1 Å². The lowest BCUT2D eigenvalue weighted by atomic mass is 9.95. The van der Waals surface area contributed by atoms with Gasteiger partial charge < -0.3 is 4.57 Å². The zero-order valence-electron chi connectivity index (χ0n) is 11.2. The summed E-state index contributed by atoms with van der Waals surface area (Å²) < 4.78 is 2.42. The van der Waals surface area contributed by atoms with Crippen LogP contribution in [0.3, 0.4) is 0 Å². The van der Waals surface area contributed by atoms with Gasteiger partial charge in [-0.3, -0.25) is 14.9 Å². The summed E-state index contributed by atoms with van der Waals surface area (Å²) in [4.78, 5) is 22.4. The number of nitro benzene ring substituents is 1. The largest absolute Gasteiger partial charge is 0.349 e. The summed E-state index contributed by atoms with van der Waals surface area (Å²) in [5.41, 5.74) is 2.75. The van der Waals surface area contributed by atoms with E-state index in [1.165, 1.54) is 6.07 Å². The van der Waals surface area contributed by atoms with Crippen molar-refractivity contribution in [1.82, 2.24) is 4.57 Å². The molecule has 1 aromatic carbocycles. The van der Waals surface area contributed by atoms with Gasteiger partial charge in [0.25, 0.3) is 5.69 Å². The Labute approximate surface area is 129 Å². The summed E-state index contributed by atoms with van der Waals surface area (Å²) in [6.45, 7) is 0.503. The first-order valence-electron chi connectivity index (χ1n) is 6.70. The number of aromatic nitrogens is 1. The number of hydrogen-bond acceptors (Lipinski definition) is 3. The minimum atomic E-state index is -0.405. The van der Waals surface area contributed by atoms with E-state index in [-0.39, 0.29) is 11.5 Å². The molecular formula is C15H13BrN2O3. The molecule has 1 aliphatic rings. The molecule has 21 heavy (non-hydrogen) atoms. The topological polar surface area (TPSA) is 65.1 Å². The summed E-state index contributed by atoms with van der Waals surface area (Å²) in [6, 6.07) is 4.99. The molecule has 0 fully saturated rings. The van der Waals surface area contributed by atoms with E-state index in [2.05, 4.69) is 15.9 Å². The lowest BCUT2D eigenvalue weighted by molar-refractivity contribution is -0.385. The van der Waals surface area contributed by atoms with Crippen LogP contribution in [0.2, 0.25) is 0 Å². The van der Waals surface area contributed by atoms with E-state index in [1.54, 1.807) is 6.07 Å². The molecule has 0 spiro atoms. The number of Topliss-reactive ketones (excluding diaryl/α,β-unsaturated/α-hetero) is 1. The van der Waals surface area contributed by atoms with Gasteiger partial charge in [-0.2, -0.15) is 0 Å². The van der Waals surface area contributed by atoms with Crippen molar-refractivity contribution in [3.05, 3.63) is 61.9 Å². The van der Waals surface area contributed by atoms with E-state index in [0.29, 0.717) is 17.4 Å². The van der Waals surface area contributed by atoms with Crippen molar-refractivity contribution in [1.29, 1.82) is 0 Å². The van der Waals surface area contributed by atoms with Crippen molar-refractivity contribution in [3.63, 3.8) is 0 Å². The molecule has 5 nitrogen and oxygen atoms in total. The fraction of sp³-hybridized carbons (Fsp3) is 0.267. The van der Waals surface area contributed by atoms with Gasteiger partial charge >= 0.3 is 0 Å². The maximum absolute atomic E-state index is 11.8. The van der Waals surface area contributed by atoms with Gasteiger partial charge in [-0.05, 0) is 39.9 Å². The zero-order chi connectivity index (χ0) is 15.0. The fourth-order valence-corrected chi connectivity index (χ4v) is 3.23. The number of halogens is 1. The van der Waals surface area contributed by atoms with E-state index in [4.69, 9.17) is 0 Å². The van der Waals surface area contributed by atoms with Crippen LogP contribution < -0.4 is 0 Å². The van der Waals surface area contributed by atoms with Crippen LogP contribution in [0.25, 0.3) is 0 Å². The van der Waals surface area contributed by atoms with Crippen molar-refractivity contribution in [2.75, 3.05) is 0 Å². The van der Waals surface area contributed by atoms with E-state index in [0.717, 1.165) is 29.5 Å². The molecule has 0 atom stereocenters. The van der Waals surface area contributed by atoms with Crippen LogP contribution in [-0.2, 0) is 13.0 Å². The van der Waals surface area contributed by atoms with Gasteiger partial charge in [0.1, 0.15) is 4.47 Å². The first-order valence-corrected chi connectivity index (χ1v) is 7.49. The molecule has 0 radical (unpaired) electrons. The second-order valence-corrected chi connectivity index (χ2v) is 5.95. The van der Waals surface area contributed by atoms with E-state index in [9.17, 15) is 14.9 Å². The fourth-order valence-electron chi connectivity index (χ4n) is 2.70. The van der Waals surface area contributed by atoms with Crippen LogP contribution in [-0.4, -0.2) is 15.3 Å². The van der Waals surface area contributed by atoms with Crippen LogP contribution >= 0.6 is 15.9 Å². The van der Waals surface area contributed by atoms with Crippen molar-refractivity contribution < 1.29 is 9.72 Å². The second kappa shape index (κ2) is 5.44. The van der Waals surface area contributed by atoms with Crippen molar-refractivity contribution in [2.45, 2.75) is 25.8 Å². The summed E-state index contributed by atoms with van der Waals surface area (Å²) in [7, 11) is 0. The number of benzene rings is 1. The third-order valence-corrected chi connectivity index (χ3v) is 4.64. The molecule has 0 saturated carbocycles. The first-order chi connectivity index (χ1) is 10.1. The summed E-state index contributed by atoms with van der Waals surface area (Å²) in [5.74, 6) is 0.188. The Morgan fingerprint density at radius 2 is 2.10 bits per heavy atom. The second-order valence-electron chi connectivity index (χ2n) is 5.15. The monoisotopic (exact) mass is 348 g/mol. The van der Waals surface area contributed by atoms with E-state index >= 15 is 0 Å². The number of nitrogens with zero attached hydrogens (tertiary/aromatic N) is 2. The van der Waals surface area contributed by atoms with Crippen LogP contribution in [0.1, 0.15) is 34.3 Å². The van der Waals surface area contributed by atoms with Crippen molar-refractivity contribution in [2.24, 2.45) is 0 Å². The third-order valence-electron chi connectivity index (χ3n) is 3.72. The van der Waals surface area contributed by atoms with Gasteiger partial charge in [-0.1, -0.05) is 12.1 Å². The molecular weight excluding hydrogens is 336 g/mol. The molecule has 2 aromatic rings. The number of hydrogen-bond donors (Lipinski definition) is 0. The molecule has 0 unspecified atom stereocenters. The highest BCUT2D eigenvalue weighted by Crippen LogP contribution is 2.29. The molecule has 1 heterocycles. The normalized spacial score (nSPS) is 14.0. The van der Waals surface area contributed by atoms with E-state index < -0.39 is 4.92 Å². The Morgan fingerprint density at radius 1 is 1.29 bits per heavy atom. The molecule has 0 N–H and O–H groups in total. The zero-order valence-corrected chi connectivity index (χ0v) is 12.8. The highest BCUT2D eigenvalue weighted by Gasteiger charge is 2.20. The number of fused-ring (bicyclic) bond motifs is 1. The molecule has 108 valence electrons. The van der Waals surface area contributed by atoms with E-state index in [1.807, 2.05) is 23.0 Å². The van der Waals surface area contributed by atoms with Gasteiger partial charge in [-0.15, -0.1) is 0 Å². The standard InChI is InChI=1S/C15H13BrN2O3/c16-15-11(4-1-5-13(15)18(20)21)8-17-7-10-3-2-6-14(19)12(10)9-17/h1,4-5,7,9H,2-3,6,8H2. The minimum Gasteiger partial charge on any atom is -0.349 e. The smallest absolute Gasteiger partial charge is 0.283 e. The molecule has 0 saturated heterocycles. The van der Waals surface area contributed by atoms with Gasteiger partial charge in [0.15, 0.2) is 5.78 Å². The summed E-state index contributed by atoms with van der Waals surface area (Å²) in [5, 5.41) is 11.0. The maximum Gasteiger partial charge on any atom is 0.283 e. The third kappa shape index (κ3) is 2.63. The molecule has 1 aromatic heterocycles. The predicted molar refractivity (Wildman–Crippen MR) is 81.6 cm³/mol. The highest BCUT2D eigenvalue weighted by molar-refractivity contribution is 9.10. The lowest BCUT2D eigenvalue weighted by Crippen LogP contribution is -2.07. The molecule has 0 aliphatic heterocycles. The summed E-state index contributed by atoms with van der Waals surface area (Å²) >= 11 is 3.30. The number of carbonyl (C=O) groups is 1. The van der Waals surface area contributed by atoms with Gasteiger partial charge in [0.05, 0.1) is 4.92 Å². The molecule has 1 aliphatic carbocycles. The summed E-state index contributed by atoms with van der Waals surface area (Å²) in [6.07, 6.45) is 6.25. The Bertz CT molecular complexity index is 737. The van der Waals surface area contributed by atoms with Gasteiger partial charge in [-0.25, -0.2) is 0 Å². The van der Waals surface area contributed by atoms with Crippen molar-refractivity contribution >= 4 is 27.4 Å². The predicted octanol–water partition coefficient (Wildman–Crippen LogP) is 3.73. The maximum atomic E-state index is 11.8. The molecule has 0 amide bonds. The van der Waals surface area contributed by atoms with Gasteiger partial charge in [0.2, 0.25) is 0 Å². The number of carbonyl (C=O) groups excluding carboxylic acids is 1. The number of rotatable bonds is 3. The highest BCUT2D eigenvalue weighted by atomic mass is 79.9. The quantitative estimate of drug-likeness (QED) is 0.627. The van der Waals surface area contributed by atoms with Crippen molar-refractivity contribution in [3.8, 4) is 0 Å². The Hall–Kier alpha value is -1.95. The Balaban J connectivity index is 1.93. The number of ketones is 1. The van der Waals surface area contributed by atoms with Crippen LogP contribution in [0, 0.1) is 10.1 Å². The molecule has 6 heteroatoms. The average molecular weight is 349 g/mol. The first kappa shape index (κ1) is 14.0. The Morgan fingerprint density at radius 3 is 2.81 bits per heavy atom. The average Bonchev–Trinajstić information content (AvgIpc) is 2.85. The van der Waals surface area contributed by atoms with Gasteiger partial charge in [0, 0.05) is 37.0 Å². The number of aryl methyl sites for hydroxylation is 1.